The molecule has 1 amide bonds. The monoisotopic (exact) mass is 472 g/mol. The van der Waals surface area contributed by atoms with Gasteiger partial charge >= 0.3 is 6.09 Å². The van der Waals surface area contributed by atoms with E-state index in [2.05, 4.69) is 31.3 Å². The maximum Gasteiger partial charge on any atom is 0.408 e. The summed E-state index contributed by atoms with van der Waals surface area (Å²) >= 11 is 3.52. The van der Waals surface area contributed by atoms with Crippen LogP contribution in [0.5, 0.6) is 0 Å². The Kier molecular flexibility index (Phi) is 6.17. The Bertz CT molecular complexity index is 869. The molecule has 6 nitrogen and oxygen atoms in total. The summed E-state index contributed by atoms with van der Waals surface area (Å²) in [5, 5.41) is 7.24. The number of ether oxygens (including phenoxy) is 1. The highest BCUT2D eigenvalue weighted by molar-refractivity contribution is 9.09. The van der Waals surface area contributed by atoms with E-state index >= 15 is 0 Å². The van der Waals surface area contributed by atoms with Gasteiger partial charge in [0.15, 0.2) is 5.65 Å². The van der Waals surface area contributed by atoms with Gasteiger partial charge in [-0.2, -0.15) is 5.10 Å². The number of halogens is 3. The minimum Gasteiger partial charge on any atom is -0.444 e. The molecule has 0 bridgehead atoms. The molecule has 1 saturated carbocycles. The van der Waals surface area contributed by atoms with Crippen LogP contribution in [0, 0.1) is 5.92 Å². The maximum atomic E-state index is 13.7. The Morgan fingerprint density at radius 2 is 2.03 bits per heavy atom. The summed E-state index contributed by atoms with van der Waals surface area (Å²) < 4.78 is 34.4. The van der Waals surface area contributed by atoms with Gasteiger partial charge in [0.1, 0.15) is 5.60 Å². The number of fused-ring (bicyclic) bond motifs is 1. The van der Waals surface area contributed by atoms with Crippen LogP contribution >= 0.6 is 15.9 Å². The van der Waals surface area contributed by atoms with Crippen LogP contribution < -0.4 is 5.32 Å². The van der Waals surface area contributed by atoms with Crippen molar-refractivity contribution >= 4 is 27.7 Å². The minimum absolute atomic E-state index is 0.122. The third-order valence-electron chi connectivity index (χ3n) is 5.04. The normalized spacial score (nSPS) is 19.7. The minimum atomic E-state index is -2.64. The maximum absolute atomic E-state index is 13.7. The van der Waals surface area contributed by atoms with Crippen molar-refractivity contribution in [2.75, 3.05) is 0 Å². The molecule has 1 N–H and O–H groups in total. The van der Waals surface area contributed by atoms with Crippen LogP contribution in [0.2, 0.25) is 0 Å². The molecular weight excluding hydrogens is 446 g/mol. The first-order valence-electron chi connectivity index (χ1n) is 9.80. The van der Waals surface area contributed by atoms with Crippen molar-refractivity contribution in [2.45, 2.75) is 75.8 Å². The van der Waals surface area contributed by atoms with Crippen molar-refractivity contribution < 1.29 is 18.3 Å². The van der Waals surface area contributed by atoms with Crippen LogP contribution in [0.3, 0.4) is 0 Å². The lowest BCUT2D eigenvalue weighted by molar-refractivity contribution is -0.0500. The first-order chi connectivity index (χ1) is 13.4. The fraction of sp³-hybridized carbons (Fsp3) is 0.650. The molecule has 2 aromatic heterocycles. The number of rotatable bonds is 4. The van der Waals surface area contributed by atoms with E-state index in [9.17, 15) is 13.6 Å². The molecular formula is C20H27BrF2N4O2. The predicted molar refractivity (Wildman–Crippen MR) is 109 cm³/mol. The Morgan fingerprint density at radius 3 is 2.62 bits per heavy atom. The quantitative estimate of drug-likeness (QED) is 0.589. The number of alkyl carbamates (subject to hydrolysis) is 1. The molecule has 2 aromatic rings. The summed E-state index contributed by atoms with van der Waals surface area (Å²) in [6, 6.07) is 1.39. The number of nitrogens with one attached hydrogen (secondary N) is 1. The van der Waals surface area contributed by atoms with E-state index in [4.69, 9.17) is 4.74 Å². The molecule has 1 unspecified atom stereocenters. The van der Waals surface area contributed by atoms with E-state index in [0.717, 1.165) is 5.56 Å². The molecule has 1 aliphatic rings. The van der Waals surface area contributed by atoms with E-state index < -0.39 is 23.7 Å². The number of hydrogen-bond acceptors (Lipinski definition) is 4. The zero-order chi connectivity index (χ0) is 21.4. The van der Waals surface area contributed by atoms with Crippen LogP contribution in [-0.4, -0.2) is 32.2 Å². The fourth-order valence-corrected chi connectivity index (χ4v) is 3.79. The second-order valence-electron chi connectivity index (χ2n) is 8.69. The molecule has 1 aliphatic carbocycles. The van der Waals surface area contributed by atoms with Crippen molar-refractivity contribution in [1.82, 2.24) is 19.9 Å². The lowest BCUT2D eigenvalue weighted by atomic mass is 9.81. The Labute approximate surface area is 177 Å². The molecule has 1 fully saturated rings. The summed E-state index contributed by atoms with van der Waals surface area (Å²) in [6.07, 6.45) is 3.13. The number of carbonyl (C=O) groups excluding carboxylic acids is 1. The van der Waals surface area contributed by atoms with Gasteiger partial charge in [0.2, 0.25) is 5.92 Å². The van der Waals surface area contributed by atoms with Gasteiger partial charge in [-0.05, 0) is 58.1 Å². The van der Waals surface area contributed by atoms with Gasteiger partial charge in [-0.3, -0.25) is 0 Å². The summed E-state index contributed by atoms with van der Waals surface area (Å²) in [5.41, 5.74) is 1.55. The molecule has 0 radical (unpaired) electrons. The van der Waals surface area contributed by atoms with Crippen LogP contribution in [0.1, 0.15) is 75.5 Å². The van der Waals surface area contributed by atoms with Crippen LogP contribution in [0.25, 0.3) is 5.65 Å². The van der Waals surface area contributed by atoms with Crippen LogP contribution in [0.4, 0.5) is 13.6 Å². The number of hydrogen-bond donors (Lipinski definition) is 1. The molecule has 2 heterocycles. The lowest BCUT2D eigenvalue weighted by Crippen LogP contribution is -2.40. The van der Waals surface area contributed by atoms with Crippen molar-refractivity contribution in [1.29, 1.82) is 0 Å². The van der Waals surface area contributed by atoms with Gasteiger partial charge in [0.05, 0.1) is 24.1 Å². The van der Waals surface area contributed by atoms with Crippen molar-refractivity contribution in [3.05, 3.63) is 29.7 Å². The van der Waals surface area contributed by atoms with Crippen LogP contribution in [-0.2, 0) is 4.74 Å². The van der Waals surface area contributed by atoms with Crippen molar-refractivity contribution in [3.8, 4) is 0 Å². The molecule has 29 heavy (non-hydrogen) atoms. The van der Waals surface area contributed by atoms with Crippen molar-refractivity contribution in [3.63, 3.8) is 0 Å². The molecule has 0 aromatic carbocycles. The lowest BCUT2D eigenvalue weighted by Gasteiger charge is -2.33. The van der Waals surface area contributed by atoms with Crippen molar-refractivity contribution in [2.24, 2.45) is 5.92 Å². The van der Waals surface area contributed by atoms with E-state index in [1.54, 1.807) is 37.7 Å². The predicted octanol–water partition coefficient (Wildman–Crippen LogP) is 5.58. The zero-order valence-corrected chi connectivity index (χ0v) is 18.7. The van der Waals surface area contributed by atoms with E-state index in [1.165, 1.54) is 0 Å². The summed E-state index contributed by atoms with van der Waals surface area (Å²) in [5.74, 6) is -2.80. The highest BCUT2D eigenvalue weighted by Crippen LogP contribution is 2.41. The highest BCUT2D eigenvalue weighted by Gasteiger charge is 2.39. The third kappa shape index (κ3) is 5.65. The first-order valence-corrected chi connectivity index (χ1v) is 10.7. The van der Waals surface area contributed by atoms with E-state index in [-0.39, 0.29) is 23.6 Å². The van der Waals surface area contributed by atoms with Gasteiger partial charge in [-0.1, -0.05) is 15.9 Å². The smallest absolute Gasteiger partial charge is 0.408 e. The summed E-state index contributed by atoms with van der Waals surface area (Å²) in [4.78, 5) is 17.2. The second-order valence-corrected chi connectivity index (χ2v) is 10.1. The van der Waals surface area contributed by atoms with Crippen LogP contribution in [0.15, 0.2) is 18.5 Å². The largest absolute Gasteiger partial charge is 0.444 e. The molecule has 9 heteroatoms. The van der Waals surface area contributed by atoms with Gasteiger partial charge in [0, 0.05) is 17.7 Å². The highest BCUT2D eigenvalue weighted by atomic mass is 79.9. The van der Waals surface area contributed by atoms with Gasteiger partial charge < -0.3 is 10.1 Å². The Balaban J connectivity index is 1.89. The molecule has 3 rings (SSSR count). The number of nitrogens with zero attached hydrogens (tertiary/aromatic N) is 3. The average Bonchev–Trinajstić information content (AvgIpc) is 3.01. The summed E-state index contributed by atoms with van der Waals surface area (Å²) in [7, 11) is 0. The Morgan fingerprint density at radius 1 is 1.38 bits per heavy atom. The van der Waals surface area contributed by atoms with E-state index in [1.807, 2.05) is 13.0 Å². The SMILES string of the molecule is CC(Br)c1cnn2cc([C@@H](NC(=O)OC(C)(C)C)C3CCC(F)(F)CC3)nc2c1. The number of aromatic nitrogens is 3. The first kappa shape index (κ1) is 21.9. The zero-order valence-electron chi connectivity index (χ0n) is 17.1. The Hall–Kier alpha value is -1.77. The summed E-state index contributed by atoms with van der Waals surface area (Å²) in [6.45, 7) is 7.33. The van der Waals surface area contributed by atoms with Gasteiger partial charge in [-0.15, -0.1) is 0 Å². The molecule has 0 spiro atoms. The van der Waals surface area contributed by atoms with E-state index in [0.29, 0.717) is 24.2 Å². The van der Waals surface area contributed by atoms with Gasteiger partial charge in [-0.25, -0.2) is 23.1 Å². The number of carbonyl (C=O) groups is 1. The molecule has 160 valence electrons. The molecule has 0 aliphatic heterocycles. The third-order valence-corrected chi connectivity index (χ3v) is 5.57. The molecule has 0 saturated heterocycles. The molecule has 2 atom stereocenters. The topological polar surface area (TPSA) is 68.5 Å². The number of alkyl halides is 3. The standard InChI is InChI=1S/C20H27BrF2N4O2/c1-12(21)14-9-16-25-15(11-27(16)24-10-14)17(26-18(28)29-19(2,3)4)13-5-7-20(22,23)8-6-13/h9-13,17H,5-8H2,1-4H3,(H,26,28)/t12?,17-/m0/s1. The second kappa shape index (κ2) is 8.16. The van der Waals surface area contributed by atoms with Gasteiger partial charge in [0.25, 0.3) is 0 Å². The number of amides is 1. The average molecular weight is 473 g/mol. The number of imidazole rings is 1. The fourth-order valence-electron chi connectivity index (χ4n) is 3.54.